The Balaban J connectivity index is 2.66. The number of hydrogen-bond acceptors (Lipinski definition) is 12. The fourth-order valence-corrected chi connectivity index (χ4v) is 5.07. The third kappa shape index (κ3) is 23.7. The summed E-state index contributed by atoms with van der Waals surface area (Å²) >= 11 is 0. The van der Waals surface area contributed by atoms with Gasteiger partial charge in [0.1, 0.15) is 31.1 Å². The molecule has 0 fully saturated rings. The van der Waals surface area contributed by atoms with Crippen molar-refractivity contribution in [3.05, 3.63) is 29.8 Å². The molecule has 1 aromatic carbocycles. The van der Waals surface area contributed by atoms with Crippen LogP contribution in [0.4, 0.5) is 15.3 Å². The van der Waals surface area contributed by atoms with Gasteiger partial charge < -0.3 is 56.0 Å². The van der Waals surface area contributed by atoms with E-state index in [0.717, 1.165) is 0 Å². The van der Waals surface area contributed by atoms with Gasteiger partial charge in [-0.3, -0.25) is 24.0 Å². The summed E-state index contributed by atoms with van der Waals surface area (Å²) in [5, 5.41) is 13.5. The smallest absolute Gasteiger partial charge is 0.407 e. The monoisotopic (exact) mass is 865 g/mol. The number of anilines is 1. The van der Waals surface area contributed by atoms with Crippen molar-refractivity contribution in [3.63, 3.8) is 0 Å². The summed E-state index contributed by atoms with van der Waals surface area (Å²) in [7, 11) is 0. The van der Waals surface area contributed by atoms with Crippen molar-refractivity contribution in [2.75, 3.05) is 64.7 Å². The summed E-state index contributed by atoms with van der Waals surface area (Å²) in [6, 6.07) is 3.86. The number of rotatable bonds is 28. The van der Waals surface area contributed by atoms with Crippen LogP contribution in [-0.2, 0) is 54.3 Å². The molecule has 0 saturated carbocycles. The van der Waals surface area contributed by atoms with Crippen LogP contribution in [-0.4, -0.2) is 113 Å². The van der Waals surface area contributed by atoms with Gasteiger partial charge in [0.2, 0.25) is 17.7 Å². The van der Waals surface area contributed by atoms with E-state index >= 15 is 0 Å². The van der Waals surface area contributed by atoms with Crippen LogP contribution in [0.25, 0.3) is 0 Å². The second-order valence-electron chi connectivity index (χ2n) is 17.7. The van der Waals surface area contributed by atoms with Crippen LogP contribution in [0.1, 0.15) is 100 Å². The number of benzene rings is 1. The van der Waals surface area contributed by atoms with Crippen molar-refractivity contribution in [2.45, 2.75) is 114 Å². The number of carbonyl (C=O) groups is 7. The van der Waals surface area contributed by atoms with Crippen LogP contribution in [0.15, 0.2) is 24.3 Å². The van der Waals surface area contributed by atoms with E-state index in [0.29, 0.717) is 37.3 Å². The highest BCUT2D eigenvalue weighted by atomic mass is 16.6. The molecule has 0 saturated heterocycles. The summed E-state index contributed by atoms with van der Waals surface area (Å²) in [6.45, 7) is 20.0. The quantitative estimate of drug-likeness (QED) is 0.0517. The summed E-state index contributed by atoms with van der Waals surface area (Å²) in [5.74, 6) is -2.00. The van der Waals surface area contributed by atoms with E-state index in [9.17, 15) is 33.6 Å². The number of hydrogen-bond donors (Lipinski definition) is 6. The van der Waals surface area contributed by atoms with E-state index in [4.69, 9.17) is 29.4 Å². The molecule has 6 amide bonds. The third-order valence-corrected chi connectivity index (χ3v) is 9.19. The molecule has 0 radical (unpaired) electrons. The van der Waals surface area contributed by atoms with Crippen molar-refractivity contribution in [1.29, 1.82) is 0 Å². The predicted molar refractivity (Wildman–Crippen MR) is 229 cm³/mol. The Hall–Kier alpha value is -4.81. The molecule has 1 rings (SSSR count). The molecule has 18 nitrogen and oxygen atoms in total. The van der Waals surface area contributed by atoms with Gasteiger partial charge in [-0.15, -0.1) is 0 Å². The van der Waals surface area contributed by atoms with E-state index in [1.807, 2.05) is 20.8 Å². The van der Waals surface area contributed by atoms with Crippen molar-refractivity contribution < 1.29 is 57.2 Å². The van der Waals surface area contributed by atoms with Crippen molar-refractivity contribution in [3.8, 4) is 0 Å². The minimum Gasteiger partial charge on any atom is -0.463 e. The second kappa shape index (κ2) is 27.2. The van der Waals surface area contributed by atoms with Gasteiger partial charge in [-0.05, 0) is 63.6 Å². The maximum atomic E-state index is 13.6. The molecule has 7 N–H and O–H groups in total. The first kappa shape index (κ1) is 54.2. The molecule has 0 bridgehead atoms. The molecule has 346 valence electrons. The Bertz CT molecular complexity index is 1550. The number of esters is 1. The molecule has 0 aliphatic rings. The standard InChI is InChI=1S/C43H72N6O12/c1-29(2)34(49-37(53)43(9,10)18-22-57-21-17-33(50)41(3,4)5)36(52)48-32(12-11-19-45-39(44)55)35(51)47-31-15-13-30(14-16-31)28-61-40(56)46-20-23-58-24-25-59-26-27-60-38(54)42(6,7)8/h13-16,29,32,34H,11-12,17-28H2,1-10H3,(H,46,56)(H,47,51)(H,48,52)(H,49,53)(H3,44,45,55)/t32-,34?/m1/s1. The number of amides is 6. The predicted octanol–water partition coefficient (Wildman–Crippen LogP) is 3.99. The van der Waals surface area contributed by atoms with Crippen LogP contribution in [0, 0.1) is 22.2 Å². The van der Waals surface area contributed by atoms with Crippen LogP contribution >= 0.6 is 0 Å². The lowest BCUT2D eigenvalue weighted by atomic mass is 9.87. The first-order chi connectivity index (χ1) is 28.4. The topological polar surface area (TPSA) is 252 Å². The van der Waals surface area contributed by atoms with Crippen LogP contribution in [0.5, 0.6) is 0 Å². The van der Waals surface area contributed by atoms with Crippen LogP contribution in [0.2, 0.25) is 0 Å². The first-order valence-corrected chi connectivity index (χ1v) is 20.8. The number of nitrogens with two attached hydrogens (primary N) is 1. The molecule has 0 aliphatic heterocycles. The minimum absolute atomic E-state index is 0.0370. The third-order valence-electron chi connectivity index (χ3n) is 9.19. The molecular formula is C43H72N6O12. The molecule has 0 aromatic heterocycles. The fraction of sp³-hybridized carbons (Fsp3) is 0.698. The van der Waals surface area contributed by atoms with E-state index < -0.39 is 52.3 Å². The molecule has 1 aromatic rings. The highest BCUT2D eigenvalue weighted by molar-refractivity contribution is 5.98. The molecule has 18 heteroatoms. The average molecular weight is 865 g/mol. The highest BCUT2D eigenvalue weighted by Crippen LogP contribution is 2.22. The molecule has 0 aliphatic carbocycles. The number of urea groups is 1. The lowest BCUT2D eigenvalue weighted by Gasteiger charge is -2.30. The van der Waals surface area contributed by atoms with Crippen molar-refractivity contribution in [2.24, 2.45) is 27.9 Å². The lowest BCUT2D eigenvalue weighted by molar-refractivity contribution is -0.154. The number of primary amides is 1. The molecular weight excluding hydrogens is 793 g/mol. The molecule has 2 atom stereocenters. The largest absolute Gasteiger partial charge is 0.463 e. The van der Waals surface area contributed by atoms with Crippen molar-refractivity contribution >= 4 is 47.3 Å². The number of carbonyl (C=O) groups excluding carboxylic acids is 7. The Kier molecular flexibility index (Phi) is 24.2. The molecule has 1 unspecified atom stereocenters. The zero-order valence-corrected chi connectivity index (χ0v) is 37.9. The van der Waals surface area contributed by atoms with Crippen LogP contribution in [0.3, 0.4) is 0 Å². The van der Waals surface area contributed by atoms with E-state index in [1.54, 1.807) is 72.7 Å². The normalized spacial score (nSPS) is 12.8. The SMILES string of the molecule is CC(C)C(NC(=O)C(C)(C)CCOCCC(=O)C(C)(C)C)C(=O)N[C@H](CCCNC(N)=O)C(=O)Nc1ccc(COC(=O)NCCOCCOCCOC(=O)C(C)(C)C)cc1. The maximum Gasteiger partial charge on any atom is 0.407 e. The Morgan fingerprint density at radius 3 is 1.87 bits per heavy atom. The zero-order chi connectivity index (χ0) is 46.2. The van der Waals surface area contributed by atoms with Gasteiger partial charge in [-0.2, -0.15) is 0 Å². The van der Waals surface area contributed by atoms with E-state index in [-0.39, 0.29) is 89.2 Å². The number of ketones is 1. The van der Waals surface area contributed by atoms with Gasteiger partial charge >= 0.3 is 18.1 Å². The second-order valence-corrected chi connectivity index (χ2v) is 17.7. The van der Waals surface area contributed by atoms with Gasteiger partial charge in [-0.1, -0.05) is 60.6 Å². The molecule has 0 spiro atoms. The fourth-order valence-electron chi connectivity index (χ4n) is 5.07. The Morgan fingerprint density at radius 2 is 1.28 bits per heavy atom. The number of Topliss-reactive ketones (excluding diaryl/α,β-unsaturated/α-hetero) is 1. The number of nitrogens with one attached hydrogen (secondary N) is 5. The Labute approximate surface area is 361 Å². The molecule has 0 heterocycles. The number of ether oxygens (including phenoxy) is 5. The van der Waals surface area contributed by atoms with Gasteiger partial charge in [-0.25, -0.2) is 9.59 Å². The van der Waals surface area contributed by atoms with Crippen molar-refractivity contribution in [1.82, 2.24) is 21.3 Å². The maximum absolute atomic E-state index is 13.6. The van der Waals surface area contributed by atoms with Gasteiger partial charge in [0, 0.05) is 42.6 Å². The summed E-state index contributed by atoms with van der Waals surface area (Å²) in [5.41, 5.74) is 4.33. The minimum atomic E-state index is -1.04. The number of alkyl carbamates (subject to hydrolysis) is 1. The average Bonchev–Trinajstić information content (AvgIpc) is 3.16. The summed E-state index contributed by atoms with van der Waals surface area (Å²) in [4.78, 5) is 87.8. The van der Waals surface area contributed by atoms with E-state index in [2.05, 4.69) is 26.6 Å². The zero-order valence-electron chi connectivity index (χ0n) is 37.9. The highest BCUT2D eigenvalue weighted by Gasteiger charge is 2.34. The van der Waals surface area contributed by atoms with E-state index in [1.165, 1.54) is 0 Å². The van der Waals surface area contributed by atoms with Crippen LogP contribution < -0.4 is 32.3 Å². The first-order valence-electron chi connectivity index (χ1n) is 20.8. The van der Waals surface area contributed by atoms with Gasteiger partial charge in [0.25, 0.3) is 0 Å². The van der Waals surface area contributed by atoms with Gasteiger partial charge in [0.15, 0.2) is 0 Å². The summed E-state index contributed by atoms with van der Waals surface area (Å²) in [6.07, 6.45) is 0.439. The van der Waals surface area contributed by atoms with Gasteiger partial charge in [0.05, 0.1) is 38.4 Å². The summed E-state index contributed by atoms with van der Waals surface area (Å²) < 4.78 is 26.8. The Morgan fingerprint density at radius 1 is 0.672 bits per heavy atom. The lowest BCUT2D eigenvalue weighted by Crippen LogP contribution is -2.56. The molecule has 61 heavy (non-hydrogen) atoms.